The van der Waals surface area contributed by atoms with E-state index < -0.39 is 5.97 Å². The summed E-state index contributed by atoms with van der Waals surface area (Å²) < 4.78 is 4.59. The average Bonchev–Trinajstić information content (AvgIpc) is 2.84. The maximum Gasteiger partial charge on any atom is 0.356 e. The van der Waals surface area contributed by atoms with Crippen LogP contribution >= 0.6 is 11.8 Å². The Morgan fingerprint density at radius 3 is 3.00 bits per heavy atom. The van der Waals surface area contributed by atoms with Crippen molar-refractivity contribution in [2.75, 3.05) is 12.8 Å². The summed E-state index contributed by atoms with van der Waals surface area (Å²) in [5.74, 6) is -0.494. The number of nitrogen functional groups attached to an aromatic ring is 1. The van der Waals surface area contributed by atoms with Gasteiger partial charge in [-0.15, -0.1) is 0 Å². The van der Waals surface area contributed by atoms with Crippen LogP contribution in [-0.2, 0) is 4.74 Å². The highest BCUT2D eigenvalue weighted by Gasteiger charge is 2.12. The number of nitrogens with two attached hydrogens (primary N) is 1. The van der Waals surface area contributed by atoms with Crippen molar-refractivity contribution in [2.24, 2.45) is 0 Å². The third kappa shape index (κ3) is 2.56. The van der Waals surface area contributed by atoms with E-state index in [2.05, 4.69) is 19.7 Å². The molecule has 0 saturated heterocycles. The number of imidazole rings is 1. The summed E-state index contributed by atoms with van der Waals surface area (Å²) in [6, 6.07) is 3.14. The zero-order valence-corrected chi connectivity index (χ0v) is 9.82. The lowest BCUT2D eigenvalue weighted by Gasteiger charge is -2.04. The first-order chi connectivity index (χ1) is 8.20. The number of aromatic nitrogens is 3. The number of H-pyrrole nitrogens is 1. The molecule has 17 heavy (non-hydrogen) atoms. The molecule has 2 rings (SSSR count). The van der Waals surface area contributed by atoms with Crippen molar-refractivity contribution in [3.8, 4) is 0 Å². The summed E-state index contributed by atoms with van der Waals surface area (Å²) in [6.45, 7) is 0. The summed E-state index contributed by atoms with van der Waals surface area (Å²) in [4.78, 5) is 22.4. The Morgan fingerprint density at radius 2 is 2.35 bits per heavy atom. The van der Waals surface area contributed by atoms with E-state index in [1.165, 1.54) is 24.9 Å². The highest BCUT2D eigenvalue weighted by atomic mass is 32.2. The number of aromatic amines is 1. The minimum Gasteiger partial charge on any atom is -0.464 e. The Morgan fingerprint density at radius 1 is 1.53 bits per heavy atom. The summed E-state index contributed by atoms with van der Waals surface area (Å²) in [6.07, 6.45) is 3.32. The molecule has 2 aromatic heterocycles. The molecule has 88 valence electrons. The van der Waals surface area contributed by atoms with E-state index in [9.17, 15) is 4.79 Å². The monoisotopic (exact) mass is 250 g/mol. The molecule has 0 aliphatic heterocycles. The molecule has 0 aliphatic carbocycles. The van der Waals surface area contributed by atoms with Crippen LogP contribution in [0.3, 0.4) is 0 Å². The summed E-state index contributed by atoms with van der Waals surface area (Å²) in [5, 5.41) is 1.18. The fraction of sp³-hybridized carbons (Fsp3) is 0.100. The zero-order chi connectivity index (χ0) is 12.3. The standard InChI is InChI=1S/C10H10N4O2S/c1-16-9(15)7-3-2-6(11)8(14-7)17-10-12-4-5-13-10/h2-5H,11H2,1H3,(H,12,13). The summed E-state index contributed by atoms with van der Waals surface area (Å²) in [5.41, 5.74) is 6.47. The molecule has 2 aromatic rings. The predicted molar refractivity (Wildman–Crippen MR) is 62.7 cm³/mol. The van der Waals surface area contributed by atoms with Gasteiger partial charge in [0.1, 0.15) is 10.7 Å². The second kappa shape index (κ2) is 4.88. The van der Waals surface area contributed by atoms with Crippen LogP contribution in [0.4, 0.5) is 5.69 Å². The normalized spacial score (nSPS) is 10.2. The van der Waals surface area contributed by atoms with Crippen molar-refractivity contribution in [3.05, 3.63) is 30.2 Å². The molecule has 7 heteroatoms. The molecule has 2 heterocycles. The molecule has 0 atom stereocenters. The second-order valence-electron chi connectivity index (χ2n) is 3.08. The van der Waals surface area contributed by atoms with Gasteiger partial charge in [-0.1, -0.05) is 0 Å². The maximum atomic E-state index is 11.3. The first-order valence-corrected chi connectivity index (χ1v) is 5.54. The van der Waals surface area contributed by atoms with Gasteiger partial charge in [-0.25, -0.2) is 14.8 Å². The molecule has 0 unspecified atom stereocenters. The van der Waals surface area contributed by atoms with Gasteiger partial charge in [0.25, 0.3) is 0 Å². The van der Waals surface area contributed by atoms with Gasteiger partial charge in [-0.05, 0) is 23.9 Å². The second-order valence-corrected chi connectivity index (χ2v) is 4.06. The lowest BCUT2D eigenvalue weighted by Crippen LogP contribution is -2.06. The van der Waals surface area contributed by atoms with E-state index in [0.717, 1.165) is 0 Å². The van der Waals surface area contributed by atoms with E-state index in [1.54, 1.807) is 18.5 Å². The highest BCUT2D eigenvalue weighted by Crippen LogP contribution is 2.27. The number of nitrogens with one attached hydrogen (secondary N) is 1. The van der Waals surface area contributed by atoms with E-state index in [4.69, 9.17) is 5.73 Å². The van der Waals surface area contributed by atoms with Crippen molar-refractivity contribution >= 4 is 23.4 Å². The molecule has 0 fully saturated rings. The van der Waals surface area contributed by atoms with Crippen LogP contribution in [-0.4, -0.2) is 28.0 Å². The lowest BCUT2D eigenvalue weighted by molar-refractivity contribution is 0.0593. The topological polar surface area (TPSA) is 93.9 Å². The smallest absolute Gasteiger partial charge is 0.356 e. The van der Waals surface area contributed by atoms with Gasteiger partial charge in [0.15, 0.2) is 5.16 Å². The Kier molecular flexibility index (Phi) is 3.29. The predicted octanol–water partition coefficient (Wildman–Crippen LogP) is 1.32. The number of hydrogen-bond acceptors (Lipinski definition) is 6. The SMILES string of the molecule is COC(=O)c1ccc(N)c(Sc2ncc[nH]2)n1. The van der Waals surface area contributed by atoms with Crippen LogP contribution in [0.15, 0.2) is 34.7 Å². The largest absolute Gasteiger partial charge is 0.464 e. The Bertz CT molecular complexity index is 527. The number of carbonyl (C=O) groups is 1. The van der Waals surface area contributed by atoms with Crippen molar-refractivity contribution in [1.82, 2.24) is 15.0 Å². The quantitative estimate of drug-likeness (QED) is 0.798. The minimum atomic E-state index is -0.494. The van der Waals surface area contributed by atoms with Gasteiger partial charge < -0.3 is 15.5 Å². The molecule has 0 amide bonds. The van der Waals surface area contributed by atoms with Crippen molar-refractivity contribution < 1.29 is 9.53 Å². The van der Waals surface area contributed by atoms with Gasteiger partial charge >= 0.3 is 5.97 Å². The van der Waals surface area contributed by atoms with Crippen LogP contribution in [0.1, 0.15) is 10.5 Å². The van der Waals surface area contributed by atoms with Crippen LogP contribution < -0.4 is 5.73 Å². The molecule has 6 nitrogen and oxygen atoms in total. The third-order valence-corrected chi connectivity index (χ3v) is 2.89. The van der Waals surface area contributed by atoms with Crippen LogP contribution in [0.5, 0.6) is 0 Å². The molecule has 0 saturated carbocycles. The first-order valence-electron chi connectivity index (χ1n) is 4.73. The molecular formula is C10H10N4O2S. The van der Waals surface area contributed by atoms with E-state index in [-0.39, 0.29) is 5.69 Å². The summed E-state index contributed by atoms with van der Waals surface area (Å²) >= 11 is 1.25. The Balaban J connectivity index is 2.29. The molecular weight excluding hydrogens is 240 g/mol. The number of carbonyl (C=O) groups excluding carboxylic acids is 1. The number of hydrogen-bond donors (Lipinski definition) is 2. The third-order valence-electron chi connectivity index (χ3n) is 1.95. The number of esters is 1. The molecule has 0 bridgehead atoms. The van der Waals surface area contributed by atoms with Crippen molar-refractivity contribution in [3.63, 3.8) is 0 Å². The van der Waals surface area contributed by atoms with Crippen molar-refractivity contribution in [2.45, 2.75) is 10.2 Å². The van der Waals surface area contributed by atoms with E-state index in [1.807, 2.05) is 0 Å². The van der Waals surface area contributed by atoms with Gasteiger partial charge in [0.2, 0.25) is 0 Å². The fourth-order valence-corrected chi connectivity index (χ4v) is 1.90. The molecule has 0 aromatic carbocycles. The highest BCUT2D eigenvalue weighted by molar-refractivity contribution is 7.99. The van der Waals surface area contributed by atoms with Crippen molar-refractivity contribution in [1.29, 1.82) is 0 Å². The Labute approximate surface area is 102 Å². The minimum absolute atomic E-state index is 0.218. The van der Waals surface area contributed by atoms with Crippen LogP contribution in [0.2, 0.25) is 0 Å². The number of ether oxygens (including phenoxy) is 1. The molecule has 0 aliphatic rings. The van der Waals surface area contributed by atoms with Crippen LogP contribution in [0.25, 0.3) is 0 Å². The number of anilines is 1. The van der Waals surface area contributed by atoms with Crippen LogP contribution in [0, 0.1) is 0 Å². The molecule has 0 spiro atoms. The van der Waals surface area contributed by atoms with Gasteiger partial charge in [0.05, 0.1) is 12.8 Å². The number of pyridine rings is 1. The molecule has 3 N–H and O–H groups in total. The van der Waals surface area contributed by atoms with Gasteiger partial charge in [0, 0.05) is 12.4 Å². The average molecular weight is 250 g/mol. The van der Waals surface area contributed by atoms with Gasteiger partial charge in [-0.3, -0.25) is 0 Å². The fourth-order valence-electron chi connectivity index (χ4n) is 1.15. The maximum absolute atomic E-state index is 11.3. The zero-order valence-electron chi connectivity index (χ0n) is 9.01. The van der Waals surface area contributed by atoms with Gasteiger partial charge in [-0.2, -0.15) is 0 Å². The van der Waals surface area contributed by atoms with E-state index >= 15 is 0 Å². The number of methoxy groups -OCH3 is 1. The van der Waals surface area contributed by atoms with E-state index in [0.29, 0.717) is 15.9 Å². The number of nitrogens with zero attached hydrogens (tertiary/aromatic N) is 2. The first kappa shape index (κ1) is 11.5. The summed E-state index contributed by atoms with van der Waals surface area (Å²) in [7, 11) is 1.31. The molecule has 0 radical (unpaired) electrons. The lowest BCUT2D eigenvalue weighted by atomic mass is 10.3. The number of rotatable bonds is 3. The Hall–Kier alpha value is -2.02.